The smallest absolute Gasteiger partial charge is 0.226 e. The monoisotopic (exact) mass is 355 g/mol. The van der Waals surface area contributed by atoms with E-state index < -0.39 is 5.82 Å². The van der Waals surface area contributed by atoms with E-state index in [0.29, 0.717) is 41.2 Å². The zero-order valence-corrected chi connectivity index (χ0v) is 13.2. The third-order valence-electron chi connectivity index (χ3n) is 2.91. The van der Waals surface area contributed by atoms with Crippen LogP contribution in [0.3, 0.4) is 0 Å². The third kappa shape index (κ3) is 3.45. The second-order valence-electron chi connectivity index (χ2n) is 4.32. The number of hydrogen-bond donors (Lipinski definition) is 2. The molecule has 2 rings (SSSR count). The van der Waals surface area contributed by atoms with Crippen LogP contribution in [0.15, 0.2) is 16.9 Å². The number of carbonyl (C=O) groups is 1. The Bertz CT molecular complexity index is 658. The molecule has 0 amide bonds. The molecule has 2 aromatic rings. The third-order valence-corrected chi connectivity index (χ3v) is 3.25. The Kier molecular flexibility index (Phi) is 5.03. The van der Waals surface area contributed by atoms with Gasteiger partial charge in [0.2, 0.25) is 10.7 Å². The second kappa shape index (κ2) is 6.77. The number of nitrogens with one attached hydrogen (secondary N) is 2. The lowest BCUT2D eigenvalue weighted by atomic mass is 10.1. The van der Waals surface area contributed by atoms with Gasteiger partial charge in [-0.25, -0.2) is 9.07 Å². The fourth-order valence-electron chi connectivity index (χ4n) is 1.93. The molecule has 0 spiro atoms. The number of aldehydes is 1. The van der Waals surface area contributed by atoms with Gasteiger partial charge in [0.15, 0.2) is 0 Å². The van der Waals surface area contributed by atoms with Crippen molar-refractivity contribution in [2.45, 2.75) is 20.0 Å². The van der Waals surface area contributed by atoms with Crippen LogP contribution in [0.25, 0.3) is 0 Å². The Balaban J connectivity index is 2.39. The first kappa shape index (κ1) is 15.6. The summed E-state index contributed by atoms with van der Waals surface area (Å²) in [4.78, 5) is 15.1. The van der Waals surface area contributed by atoms with E-state index in [-0.39, 0.29) is 5.69 Å². The minimum absolute atomic E-state index is 0.250. The summed E-state index contributed by atoms with van der Waals surface area (Å²) in [5.41, 5.74) is 1.28. The van der Waals surface area contributed by atoms with Gasteiger partial charge in [-0.3, -0.25) is 4.79 Å². The molecule has 6 nitrogen and oxygen atoms in total. The first-order valence-corrected chi connectivity index (χ1v) is 7.17. The Morgan fingerprint density at radius 3 is 2.86 bits per heavy atom. The van der Waals surface area contributed by atoms with Crippen LogP contribution in [0.1, 0.15) is 22.8 Å². The Hall–Kier alpha value is -1.80. The average molecular weight is 356 g/mol. The number of carbonyl (C=O) groups excluding carboxylic acids is 1. The highest BCUT2D eigenvalue weighted by molar-refractivity contribution is 9.10. The maximum atomic E-state index is 14.1. The summed E-state index contributed by atoms with van der Waals surface area (Å²) in [5, 5.41) is 9.97. The molecule has 0 bridgehead atoms. The van der Waals surface area contributed by atoms with Gasteiger partial charge in [0.1, 0.15) is 12.1 Å². The lowest BCUT2D eigenvalue weighted by Crippen LogP contribution is -2.10. The van der Waals surface area contributed by atoms with E-state index in [0.717, 1.165) is 0 Å². The van der Waals surface area contributed by atoms with E-state index >= 15 is 0 Å². The molecule has 0 saturated heterocycles. The quantitative estimate of drug-likeness (QED) is 0.778. The van der Waals surface area contributed by atoms with Gasteiger partial charge >= 0.3 is 0 Å². The summed E-state index contributed by atoms with van der Waals surface area (Å²) >= 11 is 3.18. The average Bonchev–Trinajstić information content (AvgIpc) is 2.82. The number of hydrogen-bond acceptors (Lipinski definition) is 5. The topological polar surface area (TPSA) is 71.8 Å². The van der Waals surface area contributed by atoms with Crippen molar-refractivity contribution in [3.05, 3.63) is 33.8 Å². The van der Waals surface area contributed by atoms with Crippen LogP contribution >= 0.6 is 15.9 Å². The first-order chi connectivity index (χ1) is 10.1. The molecule has 0 saturated carbocycles. The SMILES string of the molecule is CCn1nc(Br)nc1Nc1cc(CNC)c(C=O)cc1F. The predicted octanol–water partition coefficient (Wildman–Crippen LogP) is 2.48. The molecule has 21 heavy (non-hydrogen) atoms. The fourth-order valence-corrected chi connectivity index (χ4v) is 2.29. The van der Waals surface area contributed by atoms with Crippen LogP contribution in [0.2, 0.25) is 0 Å². The van der Waals surface area contributed by atoms with Gasteiger partial charge in [-0.2, -0.15) is 4.98 Å². The molecule has 112 valence electrons. The van der Waals surface area contributed by atoms with Crippen molar-refractivity contribution in [1.29, 1.82) is 0 Å². The highest BCUT2D eigenvalue weighted by Gasteiger charge is 2.13. The summed E-state index contributed by atoms with van der Waals surface area (Å²) in [6.07, 6.45) is 0.644. The largest absolute Gasteiger partial charge is 0.322 e. The first-order valence-electron chi connectivity index (χ1n) is 6.38. The van der Waals surface area contributed by atoms with Gasteiger partial charge in [0, 0.05) is 18.7 Å². The number of anilines is 2. The molecule has 2 N–H and O–H groups in total. The zero-order chi connectivity index (χ0) is 15.4. The van der Waals surface area contributed by atoms with E-state index in [1.807, 2.05) is 6.92 Å². The van der Waals surface area contributed by atoms with E-state index in [1.54, 1.807) is 17.8 Å². The summed E-state index contributed by atoms with van der Waals surface area (Å²) in [5.74, 6) is -0.0868. The van der Waals surface area contributed by atoms with Gasteiger partial charge in [-0.1, -0.05) is 0 Å². The number of rotatable bonds is 6. The molecule has 0 fully saturated rings. The molecule has 1 aromatic carbocycles. The fraction of sp³-hybridized carbons (Fsp3) is 0.308. The minimum Gasteiger partial charge on any atom is -0.322 e. The van der Waals surface area contributed by atoms with E-state index in [1.165, 1.54) is 6.07 Å². The number of aromatic nitrogens is 3. The Labute approximate surface area is 129 Å². The molecule has 1 aromatic heterocycles. The molecule has 8 heteroatoms. The van der Waals surface area contributed by atoms with Crippen molar-refractivity contribution in [2.75, 3.05) is 12.4 Å². The van der Waals surface area contributed by atoms with Crippen LogP contribution in [0.4, 0.5) is 16.0 Å². The summed E-state index contributed by atoms with van der Waals surface area (Å²) in [6.45, 7) is 2.97. The minimum atomic E-state index is -0.515. The molecule has 0 atom stereocenters. The Morgan fingerprint density at radius 1 is 1.48 bits per heavy atom. The molecule has 0 radical (unpaired) electrons. The van der Waals surface area contributed by atoms with Crippen molar-refractivity contribution < 1.29 is 9.18 Å². The van der Waals surface area contributed by atoms with Crippen molar-refractivity contribution in [1.82, 2.24) is 20.1 Å². The van der Waals surface area contributed by atoms with Crippen LogP contribution < -0.4 is 10.6 Å². The highest BCUT2D eigenvalue weighted by atomic mass is 79.9. The number of benzene rings is 1. The van der Waals surface area contributed by atoms with E-state index in [4.69, 9.17) is 0 Å². The maximum absolute atomic E-state index is 14.1. The van der Waals surface area contributed by atoms with Crippen molar-refractivity contribution in [3.8, 4) is 0 Å². The summed E-state index contributed by atoms with van der Waals surface area (Å²) < 4.78 is 16.1. The lowest BCUT2D eigenvalue weighted by molar-refractivity contribution is 0.112. The molecule has 1 heterocycles. The standard InChI is InChI=1S/C13H15BrFN5O/c1-3-20-13(18-12(14)19-20)17-11-5-8(6-16-2)9(7-21)4-10(11)15/h4-5,7,16H,3,6H2,1-2H3,(H,17,18,19). The van der Waals surface area contributed by atoms with Gasteiger partial charge in [0.25, 0.3) is 0 Å². The number of halogens is 2. The zero-order valence-electron chi connectivity index (χ0n) is 11.7. The number of aryl methyl sites for hydroxylation is 1. The predicted molar refractivity (Wildman–Crippen MR) is 81.2 cm³/mol. The van der Waals surface area contributed by atoms with Crippen LogP contribution in [0.5, 0.6) is 0 Å². The molecule has 0 aliphatic heterocycles. The second-order valence-corrected chi connectivity index (χ2v) is 5.03. The van der Waals surface area contributed by atoms with Gasteiger partial charge in [0.05, 0.1) is 5.69 Å². The van der Waals surface area contributed by atoms with Crippen LogP contribution in [0, 0.1) is 5.82 Å². The highest BCUT2D eigenvalue weighted by Crippen LogP contribution is 2.23. The lowest BCUT2D eigenvalue weighted by Gasteiger charge is -2.11. The van der Waals surface area contributed by atoms with Crippen molar-refractivity contribution in [2.24, 2.45) is 0 Å². The van der Waals surface area contributed by atoms with E-state index in [2.05, 4.69) is 36.6 Å². The van der Waals surface area contributed by atoms with E-state index in [9.17, 15) is 9.18 Å². The maximum Gasteiger partial charge on any atom is 0.226 e. The van der Waals surface area contributed by atoms with Gasteiger partial charge in [-0.05, 0) is 47.6 Å². The molecular weight excluding hydrogens is 341 g/mol. The van der Waals surface area contributed by atoms with Crippen LogP contribution in [-0.4, -0.2) is 28.1 Å². The Morgan fingerprint density at radius 2 is 2.24 bits per heavy atom. The van der Waals surface area contributed by atoms with Gasteiger partial charge in [-0.15, -0.1) is 5.10 Å². The van der Waals surface area contributed by atoms with Crippen molar-refractivity contribution in [3.63, 3.8) is 0 Å². The van der Waals surface area contributed by atoms with Crippen molar-refractivity contribution >= 4 is 33.9 Å². The normalized spacial score (nSPS) is 10.7. The molecular formula is C13H15BrFN5O. The molecule has 0 unspecified atom stereocenters. The molecule has 0 aliphatic rings. The summed E-state index contributed by atoms with van der Waals surface area (Å²) in [6, 6.07) is 2.81. The number of nitrogens with zero attached hydrogens (tertiary/aromatic N) is 3. The van der Waals surface area contributed by atoms with Crippen LogP contribution in [-0.2, 0) is 13.1 Å². The van der Waals surface area contributed by atoms with Gasteiger partial charge < -0.3 is 10.6 Å². The summed E-state index contributed by atoms with van der Waals surface area (Å²) in [7, 11) is 1.76. The molecule has 0 aliphatic carbocycles.